The van der Waals surface area contributed by atoms with Crippen LogP contribution in [-0.2, 0) is 20.2 Å². The maximum absolute atomic E-state index is 14.1. The second kappa shape index (κ2) is 11.3. The molecule has 1 atom stereocenters. The van der Waals surface area contributed by atoms with Gasteiger partial charge in [-0.15, -0.1) is 0 Å². The van der Waals surface area contributed by atoms with Crippen molar-refractivity contribution < 1.29 is 22.3 Å². The van der Waals surface area contributed by atoms with Gasteiger partial charge in [-0.25, -0.2) is 17.8 Å². The van der Waals surface area contributed by atoms with Crippen molar-refractivity contribution in [3.8, 4) is 16.9 Å². The van der Waals surface area contributed by atoms with E-state index in [0.717, 1.165) is 16.7 Å². The predicted octanol–water partition coefficient (Wildman–Crippen LogP) is 6.90. The molecule has 44 heavy (non-hydrogen) atoms. The lowest BCUT2D eigenvalue weighted by atomic mass is 9.74. The first-order valence-electron chi connectivity index (χ1n) is 14.0. The highest BCUT2D eigenvalue weighted by atomic mass is 35.5. The molecule has 0 saturated carbocycles. The SMILES string of the molecule is Cc1ccc(S(=O)(=O)N2CCC3(CC2)C(=O)Nc2cc(-c4cnc(N)c(O[C@H](C)c5c(Cl)ccc(F)c5Cl)c4)ccc23)cc1. The van der Waals surface area contributed by atoms with Gasteiger partial charge < -0.3 is 15.8 Å². The Kier molecular flexibility index (Phi) is 7.82. The van der Waals surface area contributed by atoms with Crippen LogP contribution >= 0.6 is 23.2 Å². The molecule has 12 heteroatoms. The Balaban J connectivity index is 1.23. The van der Waals surface area contributed by atoms with Crippen LogP contribution in [0.25, 0.3) is 11.1 Å². The van der Waals surface area contributed by atoms with Crippen LogP contribution in [0, 0.1) is 12.7 Å². The summed E-state index contributed by atoms with van der Waals surface area (Å²) < 4.78 is 48.1. The van der Waals surface area contributed by atoms with E-state index in [9.17, 15) is 17.6 Å². The fourth-order valence-electron chi connectivity index (χ4n) is 5.94. The molecule has 8 nitrogen and oxygen atoms in total. The van der Waals surface area contributed by atoms with E-state index in [1.165, 1.54) is 16.4 Å². The highest BCUT2D eigenvalue weighted by Gasteiger charge is 2.50. The summed E-state index contributed by atoms with van der Waals surface area (Å²) in [7, 11) is -3.66. The number of benzene rings is 3. The number of pyridine rings is 1. The largest absolute Gasteiger partial charge is 0.482 e. The summed E-state index contributed by atoms with van der Waals surface area (Å²) in [5.74, 6) is -0.369. The summed E-state index contributed by atoms with van der Waals surface area (Å²) in [4.78, 5) is 17.9. The van der Waals surface area contributed by atoms with E-state index in [-0.39, 0.29) is 45.5 Å². The number of aromatic nitrogens is 1. The molecule has 2 aliphatic heterocycles. The van der Waals surface area contributed by atoms with Crippen LogP contribution in [0.2, 0.25) is 10.0 Å². The average molecular weight is 656 g/mol. The van der Waals surface area contributed by atoms with Gasteiger partial charge in [0.25, 0.3) is 0 Å². The maximum Gasteiger partial charge on any atom is 0.243 e. The van der Waals surface area contributed by atoms with Crippen LogP contribution in [0.1, 0.15) is 42.6 Å². The van der Waals surface area contributed by atoms with Crippen molar-refractivity contribution in [2.45, 2.75) is 43.1 Å². The highest BCUT2D eigenvalue weighted by Crippen LogP contribution is 2.47. The second-order valence-corrected chi connectivity index (χ2v) is 13.9. The van der Waals surface area contributed by atoms with Crippen LogP contribution in [0.5, 0.6) is 5.75 Å². The molecule has 3 aromatic carbocycles. The van der Waals surface area contributed by atoms with Crippen LogP contribution in [0.15, 0.2) is 71.8 Å². The van der Waals surface area contributed by atoms with Crippen molar-refractivity contribution in [1.29, 1.82) is 0 Å². The lowest BCUT2D eigenvalue weighted by Crippen LogP contribution is -2.48. The Bertz CT molecular complexity index is 1900. The molecular formula is C32H29Cl2FN4O4S. The first-order chi connectivity index (χ1) is 20.9. The van der Waals surface area contributed by atoms with Crippen molar-refractivity contribution >= 4 is 50.6 Å². The number of rotatable bonds is 6. The predicted molar refractivity (Wildman–Crippen MR) is 169 cm³/mol. The molecule has 3 N–H and O–H groups in total. The quantitative estimate of drug-likeness (QED) is 0.219. The molecule has 1 spiro atoms. The summed E-state index contributed by atoms with van der Waals surface area (Å²) in [6.07, 6.45) is 1.59. The first kappa shape index (κ1) is 30.3. The van der Waals surface area contributed by atoms with Crippen molar-refractivity contribution in [2.75, 3.05) is 24.1 Å². The zero-order chi connectivity index (χ0) is 31.4. The topological polar surface area (TPSA) is 115 Å². The normalized spacial score (nSPS) is 16.9. The van der Waals surface area contributed by atoms with E-state index < -0.39 is 27.4 Å². The minimum absolute atomic E-state index is 0.130. The maximum atomic E-state index is 14.1. The molecule has 228 valence electrons. The van der Waals surface area contributed by atoms with E-state index in [4.69, 9.17) is 33.7 Å². The first-order valence-corrected chi connectivity index (χ1v) is 16.2. The van der Waals surface area contributed by atoms with E-state index in [2.05, 4.69) is 10.3 Å². The van der Waals surface area contributed by atoms with Gasteiger partial charge in [0.1, 0.15) is 11.9 Å². The Morgan fingerprint density at radius 2 is 1.75 bits per heavy atom. The molecule has 2 aliphatic rings. The summed E-state index contributed by atoms with van der Waals surface area (Å²) in [5, 5.41) is 3.14. The number of sulfonamides is 1. The van der Waals surface area contributed by atoms with E-state index >= 15 is 0 Å². The molecular weight excluding hydrogens is 626 g/mol. The zero-order valence-corrected chi connectivity index (χ0v) is 26.2. The fourth-order valence-corrected chi connectivity index (χ4v) is 8.06. The Morgan fingerprint density at radius 3 is 2.45 bits per heavy atom. The van der Waals surface area contributed by atoms with E-state index in [1.54, 1.807) is 43.5 Å². The number of carbonyl (C=O) groups excluding carboxylic acids is 1. The number of anilines is 2. The van der Waals surface area contributed by atoms with Gasteiger partial charge in [-0.3, -0.25) is 4.79 Å². The number of nitrogens with one attached hydrogen (secondary N) is 1. The number of aryl methyl sites for hydroxylation is 1. The number of fused-ring (bicyclic) bond motifs is 2. The molecule has 0 radical (unpaired) electrons. The van der Waals surface area contributed by atoms with Gasteiger partial charge in [-0.2, -0.15) is 4.31 Å². The van der Waals surface area contributed by atoms with Crippen molar-refractivity contribution in [3.63, 3.8) is 0 Å². The Labute approximate surface area is 265 Å². The molecule has 0 bridgehead atoms. The smallest absolute Gasteiger partial charge is 0.243 e. The lowest BCUT2D eigenvalue weighted by molar-refractivity contribution is -0.122. The molecule has 3 heterocycles. The number of hydrogen-bond acceptors (Lipinski definition) is 6. The number of piperidine rings is 1. The minimum Gasteiger partial charge on any atom is -0.482 e. The molecule has 0 unspecified atom stereocenters. The lowest BCUT2D eigenvalue weighted by Gasteiger charge is -2.37. The summed E-state index contributed by atoms with van der Waals surface area (Å²) in [6.45, 7) is 4.04. The summed E-state index contributed by atoms with van der Waals surface area (Å²) in [5.41, 5.74) is 9.49. The fraction of sp³-hybridized carbons (Fsp3) is 0.250. The monoisotopic (exact) mass is 654 g/mol. The van der Waals surface area contributed by atoms with Gasteiger partial charge in [0, 0.05) is 41.1 Å². The van der Waals surface area contributed by atoms with Gasteiger partial charge >= 0.3 is 0 Å². The number of hydrogen-bond donors (Lipinski definition) is 2. The van der Waals surface area contributed by atoms with Crippen molar-refractivity contribution in [1.82, 2.24) is 9.29 Å². The number of ether oxygens (including phenoxy) is 1. The summed E-state index contributed by atoms with van der Waals surface area (Å²) >= 11 is 12.4. The third-order valence-electron chi connectivity index (χ3n) is 8.46. The van der Waals surface area contributed by atoms with E-state index in [1.807, 2.05) is 25.1 Å². The molecule has 4 aromatic rings. The third-order valence-corrected chi connectivity index (χ3v) is 11.1. The van der Waals surface area contributed by atoms with Gasteiger partial charge in [-0.05, 0) is 74.2 Å². The van der Waals surface area contributed by atoms with Crippen LogP contribution in [0.4, 0.5) is 15.9 Å². The van der Waals surface area contributed by atoms with Crippen molar-refractivity contribution in [3.05, 3.63) is 99.4 Å². The standard InChI is InChI=1S/C32H29Cl2FN4O4S/c1-18-3-6-22(7-4-18)44(41,42)39-13-11-32(12-14-39)23-8-5-20(15-26(23)38-31(32)40)21-16-27(30(36)37-17-21)43-19(2)28-24(33)9-10-25(35)29(28)34/h3-10,15-17,19H,11-14H2,1-2H3,(H2,36,37)(H,38,40)/t19-/m1/s1. The molecule has 6 rings (SSSR count). The third kappa shape index (κ3) is 5.19. The van der Waals surface area contributed by atoms with Gasteiger partial charge in [0.2, 0.25) is 15.9 Å². The molecule has 1 amide bonds. The summed E-state index contributed by atoms with van der Waals surface area (Å²) in [6, 6.07) is 16.7. The molecule has 1 saturated heterocycles. The number of nitrogens with zero attached hydrogens (tertiary/aromatic N) is 2. The average Bonchev–Trinajstić information content (AvgIpc) is 3.26. The molecule has 1 fully saturated rings. The van der Waals surface area contributed by atoms with Gasteiger partial charge in [-0.1, -0.05) is 53.0 Å². The van der Waals surface area contributed by atoms with Crippen LogP contribution in [0.3, 0.4) is 0 Å². The molecule has 1 aromatic heterocycles. The minimum atomic E-state index is -3.66. The van der Waals surface area contributed by atoms with Crippen LogP contribution in [-0.4, -0.2) is 36.7 Å². The number of amides is 1. The second-order valence-electron chi connectivity index (χ2n) is 11.1. The highest BCUT2D eigenvalue weighted by molar-refractivity contribution is 7.89. The number of halogens is 3. The number of carbonyl (C=O) groups is 1. The molecule has 0 aliphatic carbocycles. The van der Waals surface area contributed by atoms with Gasteiger partial charge in [0.15, 0.2) is 11.6 Å². The van der Waals surface area contributed by atoms with Gasteiger partial charge in [0.05, 0.1) is 15.3 Å². The number of nitrogens with two attached hydrogens (primary N) is 1. The van der Waals surface area contributed by atoms with Crippen LogP contribution < -0.4 is 15.8 Å². The Hall–Kier alpha value is -3.70. The Morgan fingerprint density at radius 1 is 1.05 bits per heavy atom. The van der Waals surface area contributed by atoms with E-state index in [0.29, 0.717) is 29.7 Å². The van der Waals surface area contributed by atoms with Crippen molar-refractivity contribution in [2.24, 2.45) is 0 Å². The zero-order valence-electron chi connectivity index (χ0n) is 23.9. The number of nitrogen functional groups attached to an aromatic ring is 1.